The molecule has 0 aliphatic rings. The first-order valence-corrected chi connectivity index (χ1v) is 14.0. The predicted octanol–water partition coefficient (Wildman–Crippen LogP) is 7.08. The molecular weight excluding hydrogens is 488 g/mol. The highest BCUT2D eigenvalue weighted by Gasteiger charge is 2.22. The fourth-order valence-electron chi connectivity index (χ4n) is 3.61. The summed E-state index contributed by atoms with van der Waals surface area (Å²) < 4.78 is 27.8. The molecule has 0 radical (unpaired) electrons. The van der Waals surface area contributed by atoms with Crippen molar-refractivity contribution in [2.45, 2.75) is 34.8 Å². The molecule has 0 saturated carbocycles. The molecule has 0 bridgehead atoms. The van der Waals surface area contributed by atoms with Crippen LogP contribution in [0.25, 0.3) is 0 Å². The molecule has 0 fully saturated rings. The summed E-state index contributed by atoms with van der Waals surface area (Å²) in [6.45, 7) is 4.26. The molecule has 0 spiro atoms. The van der Waals surface area contributed by atoms with Gasteiger partial charge in [-0.1, -0.05) is 74.5 Å². The van der Waals surface area contributed by atoms with Crippen LogP contribution in [0.5, 0.6) is 0 Å². The number of nitrogens with one attached hydrogen (secondary N) is 2. The van der Waals surface area contributed by atoms with Crippen molar-refractivity contribution in [3.8, 4) is 0 Å². The van der Waals surface area contributed by atoms with Crippen LogP contribution >= 0.6 is 11.8 Å². The highest BCUT2D eigenvalue weighted by molar-refractivity contribution is 8.00. The summed E-state index contributed by atoms with van der Waals surface area (Å²) in [5.74, 6) is 0.292. The van der Waals surface area contributed by atoms with Gasteiger partial charge in [0.2, 0.25) is 5.91 Å². The summed E-state index contributed by atoms with van der Waals surface area (Å²) in [6.07, 6.45) is 0. The van der Waals surface area contributed by atoms with E-state index in [0.717, 1.165) is 16.1 Å². The zero-order valence-corrected chi connectivity index (χ0v) is 21.7. The van der Waals surface area contributed by atoms with E-state index in [2.05, 4.69) is 23.9 Å². The lowest BCUT2D eigenvalue weighted by atomic mass is 10.0. The molecule has 0 aliphatic carbocycles. The molecule has 0 heterocycles. The molecule has 0 aromatic heterocycles. The molecule has 1 atom stereocenters. The van der Waals surface area contributed by atoms with Crippen molar-refractivity contribution < 1.29 is 13.2 Å². The molecular formula is C29H28N2O3S2. The zero-order valence-electron chi connectivity index (χ0n) is 20.1. The second kappa shape index (κ2) is 11.5. The molecule has 36 heavy (non-hydrogen) atoms. The Morgan fingerprint density at radius 2 is 1.25 bits per heavy atom. The third kappa shape index (κ3) is 6.56. The highest BCUT2D eigenvalue weighted by Crippen LogP contribution is 2.37. The maximum Gasteiger partial charge on any atom is 0.261 e. The quantitative estimate of drug-likeness (QED) is 0.233. The van der Waals surface area contributed by atoms with Gasteiger partial charge >= 0.3 is 0 Å². The fraction of sp³-hybridized carbons (Fsp3) is 0.138. The number of anilines is 2. The first-order chi connectivity index (χ1) is 17.3. The molecule has 4 aromatic carbocycles. The van der Waals surface area contributed by atoms with E-state index in [-0.39, 0.29) is 10.8 Å². The van der Waals surface area contributed by atoms with E-state index in [9.17, 15) is 13.2 Å². The third-order valence-electron chi connectivity index (χ3n) is 5.60. The van der Waals surface area contributed by atoms with Gasteiger partial charge in [-0.3, -0.25) is 9.52 Å². The van der Waals surface area contributed by atoms with Crippen LogP contribution in [-0.4, -0.2) is 14.3 Å². The second-order valence-corrected chi connectivity index (χ2v) is 11.5. The summed E-state index contributed by atoms with van der Waals surface area (Å²) in [5.41, 5.74) is 3.29. The van der Waals surface area contributed by atoms with Crippen LogP contribution in [0.15, 0.2) is 119 Å². The van der Waals surface area contributed by atoms with Gasteiger partial charge in [-0.2, -0.15) is 0 Å². The Bertz CT molecular complexity index is 1390. The minimum Gasteiger partial charge on any atom is -0.325 e. The molecule has 0 aliphatic heterocycles. The lowest BCUT2D eigenvalue weighted by molar-refractivity contribution is -0.115. The number of carbonyl (C=O) groups is 1. The van der Waals surface area contributed by atoms with Crippen LogP contribution in [0.3, 0.4) is 0 Å². The monoisotopic (exact) mass is 516 g/mol. The fourth-order valence-corrected chi connectivity index (χ4v) is 5.72. The molecule has 0 saturated heterocycles. The minimum atomic E-state index is -3.67. The average Bonchev–Trinajstić information content (AvgIpc) is 2.89. The van der Waals surface area contributed by atoms with E-state index in [1.807, 2.05) is 66.7 Å². The standard InChI is InChI=1S/C29H28N2O3S2/c1-21(2)22-13-15-24(16-14-22)30-29(32)28(23-9-5-3-6-10-23)35-26-19-17-25(18-20-26)31-36(33,34)27-11-7-4-8-12-27/h3-21,28,31H,1-2H3,(H,30,32). The molecule has 4 aromatic rings. The normalized spacial score (nSPS) is 12.2. The average molecular weight is 517 g/mol. The first-order valence-electron chi connectivity index (χ1n) is 11.6. The lowest BCUT2D eigenvalue weighted by Crippen LogP contribution is -2.19. The Hall–Kier alpha value is -3.55. The number of carbonyl (C=O) groups excluding carboxylic acids is 1. The van der Waals surface area contributed by atoms with Crippen molar-refractivity contribution in [2.24, 2.45) is 0 Å². The van der Waals surface area contributed by atoms with Crippen LogP contribution in [-0.2, 0) is 14.8 Å². The summed E-state index contributed by atoms with van der Waals surface area (Å²) in [5, 5.41) is 2.55. The van der Waals surface area contributed by atoms with Crippen LogP contribution in [0.4, 0.5) is 11.4 Å². The van der Waals surface area contributed by atoms with Crippen LogP contribution in [0.1, 0.15) is 36.1 Å². The topological polar surface area (TPSA) is 75.3 Å². The van der Waals surface area contributed by atoms with Crippen LogP contribution in [0, 0.1) is 0 Å². The summed E-state index contributed by atoms with van der Waals surface area (Å²) in [6, 6.07) is 32.8. The lowest BCUT2D eigenvalue weighted by Gasteiger charge is -2.18. The molecule has 5 nitrogen and oxygen atoms in total. The number of sulfonamides is 1. The van der Waals surface area contributed by atoms with Gasteiger partial charge < -0.3 is 5.32 Å². The third-order valence-corrected chi connectivity index (χ3v) is 8.26. The van der Waals surface area contributed by atoms with Crippen molar-refractivity contribution in [2.75, 3.05) is 10.0 Å². The maximum atomic E-state index is 13.3. The number of amides is 1. The summed E-state index contributed by atoms with van der Waals surface area (Å²) in [7, 11) is -3.67. The van der Waals surface area contributed by atoms with Crippen molar-refractivity contribution in [3.63, 3.8) is 0 Å². The van der Waals surface area contributed by atoms with Crippen LogP contribution < -0.4 is 10.0 Å². The van der Waals surface area contributed by atoms with Crippen molar-refractivity contribution in [1.82, 2.24) is 0 Å². The molecule has 184 valence electrons. The molecule has 7 heteroatoms. The Morgan fingerprint density at radius 3 is 1.83 bits per heavy atom. The Labute approximate surface area is 217 Å². The van der Waals surface area contributed by atoms with E-state index in [1.165, 1.54) is 17.3 Å². The molecule has 4 rings (SSSR count). The largest absolute Gasteiger partial charge is 0.325 e. The zero-order chi connectivity index (χ0) is 25.5. The Balaban J connectivity index is 1.50. The van der Waals surface area contributed by atoms with Gasteiger partial charge in [0.15, 0.2) is 0 Å². The molecule has 2 N–H and O–H groups in total. The van der Waals surface area contributed by atoms with Gasteiger partial charge in [0.1, 0.15) is 5.25 Å². The predicted molar refractivity (Wildman–Crippen MR) is 148 cm³/mol. The van der Waals surface area contributed by atoms with E-state index < -0.39 is 15.3 Å². The van der Waals surface area contributed by atoms with E-state index in [0.29, 0.717) is 11.6 Å². The number of benzene rings is 4. The van der Waals surface area contributed by atoms with Crippen molar-refractivity contribution in [1.29, 1.82) is 0 Å². The molecule has 1 unspecified atom stereocenters. The van der Waals surface area contributed by atoms with Gasteiger partial charge in [-0.25, -0.2) is 8.42 Å². The van der Waals surface area contributed by atoms with Gasteiger partial charge in [0, 0.05) is 16.3 Å². The van der Waals surface area contributed by atoms with Crippen LogP contribution in [0.2, 0.25) is 0 Å². The second-order valence-electron chi connectivity index (χ2n) is 8.62. The number of hydrogen-bond acceptors (Lipinski definition) is 4. The minimum absolute atomic E-state index is 0.127. The van der Waals surface area contributed by atoms with Gasteiger partial charge in [-0.15, -0.1) is 11.8 Å². The van der Waals surface area contributed by atoms with Gasteiger partial charge in [0.25, 0.3) is 10.0 Å². The Morgan fingerprint density at radius 1 is 0.694 bits per heavy atom. The van der Waals surface area contributed by atoms with Gasteiger partial charge in [-0.05, 0) is 65.6 Å². The van der Waals surface area contributed by atoms with E-state index in [4.69, 9.17) is 0 Å². The van der Waals surface area contributed by atoms with Gasteiger partial charge in [0.05, 0.1) is 4.90 Å². The first kappa shape index (κ1) is 25.5. The summed E-state index contributed by atoms with van der Waals surface area (Å²) >= 11 is 1.41. The maximum absolute atomic E-state index is 13.3. The highest BCUT2D eigenvalue weighted by atomic mass is 32.2. The summed E-state index contributed by atoms with van der Waals surface area (Å²) in [4.78, 5) is 14.4. The molecule has 1 amide bonds. The van der Waals surface area contributed by atoms with Crippen molar-refractivity contribution >= 4 is 39.1 Å². The van der Waals surface area contributed by atoms with Crippen molar-refractivity contribution in [3.05, 3.63) is 120 Å². The smallest absolute Gasteiger partial charge is 0.261 e. The number of thioether (sulfide) groups is 1. The number of hydrogen-bond donors (Lipinski definition) is 2. The van der Waals surface area contributed by atoms with E-state index >= 15 is 0 Å². The Kier molecular flexibility index (Phi) is 8.13. The van der Waals surface area contributed by atoms with E-state index in [1.54, 1.807) is 42.5 Å². The SMILES string of the molecule is CC(C)c1ccc(NC(=O)C(Sc2ccc(NS(=O)(=O)c3ccccc3)cc2)c2ccccc2)cc1. The number of rotatable bonds is 9.